The Morgan fingerprint density at radius 3 is 2.83 bits per heavy atom. The van der Waals surface area contributed by atoms with Crippen LogP contribution in [0.4, 0.5) is 0 Å². The van der Waals surface area contributed by atoms with Crippen molar-refractivity contribution in [1.82, 2.24) is 30.3 Å². The summed E-state index contributed by atoms with van der Waals surface area (Å²) in [6.07, 6.45) is 2.26. The predicted molar refractivity (Wildman–Crippen MR) is 114 cm³/mol. The number of nitrogens with zero attached hydrogens (tertiary/aromatic N) is 4. The van der Waals surface area contributed by atoms with Gasteiger partial charge in [0.25, 0.3) is 0 Å². The van der Waals surface area contributed by atoms with Crippen molar-refractivity contribution in [2.75, 3.05) is 7.11 Å². The quantitative estimate of drug-likeness (QED) is 0.495. The molecular formula is C21H21ClN6O2. The number of hydrogen-bond acceptors (Lipinski definition) is 5. The van der Waals surface area contributed by atoms with Crippen molar-refractivity contribution in [3.8, 4) is 17.1 Å². The maximum Gasteiger partial charge on any atom is 0.217 e. The fourth-order valence-corrected chi connectivity index (χ4v) is 3.56. The van der Waals surface area contributed by atoms with Gasteiger partial charge in [0.15, 0.2) is 5.82 Å². The third-order valence-corrected chi connectivity index (χ3v) is 5.36. The van der Waals surface area contributed by atoms with Gasteiger partial charge in [0.05, 0.1) is 23.8 Å². The zero-order valence-electron chi connectivity index (χ0n) is 16.9. The Labute approximate surface area is 178 Å². The summed E-state index contributed by atoms with van der Waals surface area (Å²) in [7, 11) is 3.46. The van der Waals surface area contributed by atoms with Crippen LogP contribution < -0.4 is 10.1 Å². The number of carbonyl (C=O) groups excluding carboxylic acids is 1. The Hall–Kier alpha value is -3.39. The lowest BCUT2D eigenvalue weighted by molar-refractivity contribution is -0.119. The maximum atomic E-state index is 11.2. The van der Waals surface area contributed by atoms with Gasteiger partial charge < -0.3 is 10.1 Å². The van der Waals surface area contributed by atoms with Gasteiger partial charge in [-0.05, 0) is 17.7 Å². The van der Waals surface area contributed by atoms with Crippen molar-refractivity contribution in [3.63, 3.8) is 0 Å². The number of H-pyrrole nitrogens is 1. The smallest absolute Gasteiger partial charge is 0.217 e. The molecule has 0 fully saturated rings. The molecule has 0 atom stereocenters. The molecule has 154 valence electrons. The van der Waals surface area contributed by atoms with Crippen LogP contribution in [0.15, 0.2) is 36.5 Å². The zero-order chi connectivity index (χ0) is 21.3. The van der Waals surface area contributed by atoms with Gasteiger partial charge in [0, 0.05) is 43.5 Å². The molecule has 2 aromatic carbocycles. The molecule has 0 bridgehead atoms. The highest BCUT2D eigenvalue weighted by Crippen LogP contribution is 2.29. The van der Waals surface area contributed by atoms with E-state index in [4.69, 9.17) is 21.3 Å². The first-order chi connectivity index (χ1) is 14.5. The van der Waals surface area contributed by atoms with Crippen LogP contribution in [0.1, 0.15) is 23.9 Å². The number of aromatic amines is 1. The average Bonchev–Trinajstić information content (AvgIpc) is 3.35. The van der Waals surface area contributed by atoms with E-state index in [2.05, 4.69) is 20.6 Å². The highest BCUT2D eigenvalue weighted by atomic mass is 35.5. The van der Waals surface area contributed by atoms with Crippen LogP contribution in [-0.2, 0) is 24.8 Å². The van der Waals surface area contributed by atoms with Gasteiger partial charge in [-0.1, -0.05) is 29.8 Å². The van der Waals surface area contributed by atoms with Crippen LogP contribution in [0.5, 0.6) is 5.75 Å². The van der Waals surface area contributed by atoms with Crippen molar-refractivity contribution in [3.05, 3.63) is 58.5 Å². The number of rotatable bonds is 6. The summed E-state index contributed by atoms with van der Waals surface area (Å²) >= 11 is 6.55. The third kappa shape index (κ3) is 3.86. The van der Waals surface area contributed by atoms with E-state index in [1.807, 2.05) is 37.4 Å². The molecule has 2 N–H and O–H groups in total. The summed E-state index contributed by atoms with van der Waals surface area (Å²) in [5.74, 6) is 1.96. The molecule has 0 radical (unpaired) electrons. The molecule has 4 rings (SSSR count). The molecule has 1 amide bonds. The van der Waals surface area contributed by atoms with Gasteiger partial charge in [-0.2, -0.15) is 10.2 Å². The molecule has 8 nitrogen and oxygen atoms in total. The van der Waals surface area contributed by atoms with Crippen molar-refractivity contribution >= 4 is 28.4 Å². The minimum Gasteiger partial charge on any atom is -0.496 e. The summed E-state index contributed by atoms with van der Waals surface area (Å²) in [6, 6.07) is 9.63. The summed E-state index contributed by atoms with van der Waals surface area (Å²) in [5.41, 5.74) is 3.56. The zero-order valence-corrected chi connectivity index (χ0v) is 17.6. The second-order valence-corrected chi connectivity index (χ2v) is 7.34. The van der Waals surface area contributed by atoms with Crippen molar-refractivity contribution in [2.45, 2.75) is 19.9 Å². The number of aryl methyl sites for hydroxylation is 1. The van der Waals surface area contributed by atoms with Gasteiger partial charge in [0.2, 0.25) is 5.91 Å². The summed E-state index contributed by atoms with van der Waals surface area (Å²) in [4.78, 5) is 15.9. The molecule has 4 aromatic rings. The molecule has 0 unspecified atom stereocenters. The first-order valence-corrected chi connectivity index (χ1v) is 9.76. The number of hydrogen-bond donors (Lipinski definition) is 2. The number of benzene rings is 2. The first kappa shape index (κ1) is 19.9. The van der Waals surface area contributed by atoms with E-state index in [0.29, 0.717) is 29.6 Å². The number of halogens is 1. The summed E-state index contributed by atoms with van der Waals surface area (Å²) < 4.78 is 7.23. The molecule has 0 saturated carbocycles. The number of aromatic nitrogens is 5. The number of ether oxygens (including phenoxy) is 1. The normalized spacial score (nSPS) is 11.1. The van der Waals surface area contributed by atoms with E-state index in [1.165, 1.54) is 6.92 Å². The third-order valence-electron chi connectivity index (χ3n) is 4.91. The largest absolute Gasteiger partial charge is 0.496 e. The van der Waals surface area contributed by atoms with Gasteiger partial charge in [-0.25, -0.2) is 4.98 Å². The SMILES string of the molecule is COc1cc(-c2nc(Cc3ccc4[nH]ncc4c3Cl)n(C)n2)ccc1CNC(C)=O. The Balaban J connectivity index is 1.61. The minimum absolute atomic E-state index is 0.0931. The molecule has 30 heavy (non-hydrogen) atoms. The van der Waals surface area contributed by atoms with E-state index in [1.54, 1.807) is 18.0 Å². The second-order valence-electron chi connectivity index (χ2n) is 6.96. The predicted octanol–water partition coefficient (Wildman–Crippen LogP) is 3.25. The number of fused-ring (bicyclic) bond motifs is 1. The number of amides is 1. The van der Waals surface area contributed by atoms with Crippen LogP contribution in [-0.4, -0.2) is 38.0 Å². The molecule has 9 heteroatoms. The topological polar surface area (TPSA) is 97.7 Å². The van der Waals surface area contributed by atoms with Gasteiger partial charge in [0.1, 0.15) is 11.6 Å². The van der Waals surface area contributed by atoms with E-state index >= 15 is 0 Å². The highest BCUT2D eigenvalue weighted by molar-refractivity contribution is 6.36. The second kappa shape index (κ2) is 8.16. The molecule has 0 aliphatic carbocycles. The van der Waals surface area contributed by atoms with E-state index in [-0.39, 0.29) is 5.91 Å². The number of nitrogens with one attached hydrogen (secondary N) is 2. The molecule has 0 aliphatic rings. The Morgan fingerprint density at radius 1 is 1.27 bits per heavy atom. The standard InChI is InChI=1S/C21H21ClN6O2/c1-12(29)23-10-15-5-4-14(8-18(15)30-3)21-25-19(28(2)27-21)9-13-6-7-17-16(20(13)22)11-24-26-17/h4-8,11H,9-10H2,1-3H3,(H,23,29)(H,24,26). The lowest BCUT2D eigenvalue weighted by atomic mass is 10.1. The van der Waals surface area contributed by atoms with Crippen LogP contribution in [0, 0.1) is 0 Å². The number of methoxy groups -OCH3 is 1. The average molecular weight is 425 g/mol. The van der Waals surface area contributed by atoms with Crippen molar-refractivity contribution in [2.24, 2.45) is 7.05 Å². The van der Waals surface area contributed by atoms with E-state index < -0.39 is 0 Å². The maximum absolute atomic E-state index is 11.2. The van der Waals surface area contributed by atoms with E-state index in [0.717, 1.165) is 33.4 Å². The van der Waals surface area contributed by atoms with Crippen LogP contribution >= 0.6 is 11.6 Å². The Bertz CT molecular complexity index is 1230. The molecule has 2 aromatic heterocycles. The van der Waals surface area contributed by atoms with E-state index in [9.17, 15) is 4.79 Å². The fraction of sp³-hybridized carbons (Fsp3) is 0.238. The summed E-state index contributed by atoms with van der Waals surface area (Å²) in [5, 5.41) is 15.8. The molecule has 0 aliphatic heterocycles. The van der Waals surface area contributed by atoms with Crippen LogP contribution in [0.2, 0.25) is 5.02 Å². The van der Waals surface area contributed by atoms with Crippen molar-refractivity contribution < 1.29 is 9.53 Å². The van der Waals surface area contributed by atoms with Crippen molar-refractivity contribution in [1.29, 1.82) is 0 Å². The van der Waals surface area contributed by atoms with Gasteiger partial charge in [-0.15, -0.1) is 0 Å². The fourth-order valence-electron chi connectivity index (χ4n) is 3.28. The number of carbonyl (C=O) groups is 1. The molecular weight excluding hydrogens is 404 g/mol. The van der Waals surface area contributed by atoms with Gasteiger partial charge >= 0.3 is 0 Å². The van der Waals surface area contributed by atoms with Crippen LogP contribution in [0.3, 0.4) is 0 Å². The Kier molecular flexibility index (Phi) is 5.41. The first-order valence-electron chi connectivity index (χ1n) is 9.38. The molecule has 0 spiro atoms. The minimum atomic E-state index is -0.0931. The summed E-state index contributed by atoms with van der Waals surface area (Å²) in [6.45, 7) is 1.88. The molecule has 2 heterocycles. The van der Waals surface area contributed by atoms with Gasteiger partial charge in [-0.3, -0.25) is 14.6 Å². The lowest BCUT2D eigenvalue weighted by Crippen LogP contribution is -2.19. The Morgan fingerprint density at radius 2 is 2.07 bits per heavy atom. The van der Waals surface area contributed by atoms with Crippen LogP contribution in [0.25, 0.3) is 22.3 Å². The molecule has 0 saturated heterocycles. The highest BCUT2D eigenvalue weighted by Gasteiger charge is 2.15. The monoisotopic (exact) mass is 424 g/mol. The lowest BCUT2D eigenvalue weighted by Gasteiger charge is -2.10.